The highest BCUT2D eigenvalue weighted by Crippen LogP contribution is 2.24. The molecule has 1 aliphatic heterocycles. The fraction of sp³-hybridized carbons (Fsp3) is 0.333. The average molecular weight is 381 g/mol. The minimum atomic E-state index is -0.612. The van der Waals surface area contributed by atoms with Crippen molar-refractivity contribution in [2.75, 3.05) is 19.7 Å². The van der Waals surface area contributed by atoms with Crippen molar-refractivity contribution in [3.05, 3.63) is 54.1 Å². The van der Waals surface area contributed by atoms with Gasteiger partial charge in [-0.15, -0.1) is 5.11 Å². The molecule has 0 spiro atoms. The first-order valence-corrected chi connectivity index (χ1v) is 9.27. The van der Waals surface area contributed by atoms with Crippen molar-refractivity contribution in [2.24, 2.45) is 16.1 Å². The first-order valence-electron chi connectivity index (χ1n) is 9.27. The number of ether oxygens (including phenoxy) is 1. The van der Waals surface area contributed by atoms with Gasteiger partial charge in [0.1, 0.15) is 11.4 Å². The van der Waals surface area contributed by atoms with Gasteiger partial charge in [-0.25, -0.2) is 4.79 Å². The summed E-state index contributed by atoms with van der Waals surface area (Å²) in [6.45, 7) is 3.24. The number of likely N-dealkylation sites (tertiary alicyclic amines) is 1. The van der Waals surface area contributed by atoms with E-state index < -0.39 is 5.97 Å². The quantitative estimate of drug-likeness (QED) is 0.620. The summed E-state index contributed by atoms with van der Waals surface area (Å²) in [7, 11) is 0. The van der Waals surface area contributed by atoms with Gasteiger partial charge in [-0.3, -0.25) is 4.79 Å². The van der Waals surface area contributed by atoms with E-state index in [2.05, 4.69) is 17.2 Å². The molecule has 28 heavy (non-hydrogen) atoms. The monoisotopic (exact) mass is 381 g/mol. The number of hydrogen-bond donors (Lipinski definition) is 1. The van der Waals surface area contributed by atoms with Crippen molar-refractivity contribution in [3.8, 4) is 5.75 Å². The lowest BCUT2D eigenvalue weighted by atomic mass is 10.0. The summed E-state index contributed by atoms with van der Waals surface area (Å²) in [5.74, 6) is -0.188. The summed E-state index contributed by atoms with van der Waals surface area (Å²) >= 11 is 0. The van der Waals surface area contributed by atoms with Crippen LogP contribution in [0, 0.1) is 5.92 Å². The van der Waals surface area contributed by atoms with E-state index in [9.17, 15) is 14.7 Å². The third-order valence-corrected chi connectivity index (χ3v) is 4.58. The number of piperidine rings is 1. The smallest absolute Gasteiger partial charge is 0.340 e. The summed E-state index contributed by atoms with van der Waals surface area (Å²) < 4.78 is 5.22. The van der Waals surface area contributed by atoms with Crippen molar-refractivity contribution in [1.82, 2.24) is 4.90 Å². The van der Waals surface area contributed by atoms with Crippen LogP contribution >= 0.6 is 0 Å². The summed E-state index contributed by atoms with van der Waals surface area (Å²) in [6.07, 6.45) is 2.09. The lowest BCUT2D eigenvalue weighted by Crippen LogP contribution is -2.41. The number of hydrogen-bond acceptors (Lipinski definition) is 6. The number of azo groups is 1. The van der Waals surface area contributed by atoms with Crippen molar-refractivity contribution in [2.45, 2.75) is 19.8 Å². The highest BCUT2D eigenvalue weighted by atomic mass is 16.5. The Hall–Kier alpha value is -3.22. The molecule has 1 atom stereocenters. The Bertz CT molecular complexity index is 864. The van der Waals surface area contributed by atoms with Gasteiger partial charge in [-0.05, 0) is 55.2 Å². The van der Waals surface area contributed by atoms with Gasteiger partial charge >= 0.3 is 5.97 Å². The molecular formula is C21H23N3O4. The topological polar surface area (TPSA) is 91.6 Å². The standard InChI is InChI=1S/C21H23N3O4/c1-15-5-4-12-24(13-15)20(26)14-28-21(27)18-6-2-3-7-19(18)23-22-16-8-10-17(25)11-9-16/h2-3,6-11,15,25H,4-5,12-14H2,1H3/t15-/m1/s1. The van der Waals surface area contributed by atoms with E-state index in [-0.39, 0.29) is 23.8 Å². The second kappa shape index (κ2) is 9.12. The minimum absolute atomic E-state index is 0.135. The van der Waals surface area contributed by atoms with E-state index in [1.54, 1.807) is 41.3 Å². The van der Waals surface area contributed by atoms with E-state index in [4.69, 9.17) is 4.74 Å². The Kier molecular flexibility index (Phi) is 6.37. The molecule has 0 radical (unpaired) electrons. The van der Waals surface area contributed by atoms with Crippen molar-refractivity contribution in [1.29, 1.82) is 0 Å². The summed E-state index contributed by atoms with van der Waals surface area (Å²) in [5.41, 5.74) is 1.12. The molecule has 1 saturated heterocycles. The number of esters is 1. The molecule has 7 nitrogen and oxygen atoms in total. The van der Waals surface area contributed by atoms with E-state index >= 15 is 0 Å². The third-order valence-electron chi connectivity index (χ3n) is 4.58. The molecule has 0 saturated carbocycles. The Labute approximate surface area is 163 Å². The average Bonchev–Trinajstić information content (AvgIpc) is 2.71. The van der Waals surface area contributed by atoms with Gasteiger partial charge in [0.2, 0.25) is 0 Å². The second-order valence-electron chi connectivity index (χ2n) is 6.90. The zero-order valence-electron chi connectivity index (χ0n) is 15.7. The fourth-order valence-electron chi connectivity index (χ4n) is 3.08. The SMILES string of the molecule is C[C@@H]1CCCN(C(=O)COC(=O)c2ccccc2N=Nc2ccc(O)cc2)C1. The number of benzene rings is 2. The van der Waals surface area contributed by atoms with Crippen molar-refractivity contribution >= 4 is 23.3 Å². The van der Waals surface area contributed by atoms with Crippen LogP contribution in [0.15, 0.2) is 58.8 Å². The van der Waals surface area contributed by atoms with Crippen LogP contribution in [0.1, 0.15) is 30.1 Å². The van der Waals surface area contributed by atoms with Gasteiger partial charge in [0, 0.05) is 13.1 Å². The summed E-state index contributed by atoms with van der Waals surface area (Å²) in [5, 5.41) is 17.5. The van der Waals surface area contributed by atoms with Gasteiger partial charge in [0.25, 0.3) is 5.91 Å². The molecule has 1 aliphatic rings. The van der Waals surface area contributed by atoms with Gasteiger partial charge in [-0.1, -0.05) is 19.1 Å². The number of rotatable bonds is 5. The Balaban J connectivity index is 1.63. The molecular weight excluding hydrogens is 358 g/mol. The van der Waals surface area contributed by atoms with Gasteiger partial charge in [-0.2, -0.15) is 5.11 Å². The van der Waals surface area contributed by atoms with Crippen LogP contribution in [0.3, 0.4) is 0 Å². The molecule has 2 aromatic rings. The number of carbonyl (C=O) groups is 2. The summed E-state index contributed by atoms with van der Waals surface area (Å²) in [4.78, 5) is 26.5. The molecule has 1 amide bonds. The van der Waals surface area contributed by atoms with E-state index in [1.165, 1.54) is 12.1 Å². The van der Waals surface area contributed by atoms with Crippen molar-refractivity contribution < 1.29 is 19.4 Å². The molecule has 7 heteroatoms. The molecule has 0 bridgehead atoms. The summed E-state index contributed by atoms with van der Waals surface area (Å²) in [6, 6.07) is 12.9. The lowest BCUT2D eigenvalue weighted by Gasteiger charge is -2.30. The van der Waals surface area contributed by atoms with Crippen LogP contribution in [0.25, 0.3) is 0 Å². The Morgan fingerprint density at radius 1 is 1.14 bits per heavy atom. The zero-order valence-corrected chi connectivity index (χ0v) is 15.7. The maximum absolute atomic E-state index is 12.4. The Morgan fingerprint density at radius 3 is 2.64 bits per heavy atom. The maximum atomic E-state index is 12.4. The molecule has 0 aromatic heterocycles. The van der Waals surface area contributed by atoms with Gasteiger partial charge in [0.05, 0.1) is 11.3 Å². The molecule has 0 aliphatic carbocycles. The van der Waals surface area contributed by atoms with Crippen LogP contribution in [-0.2, 0) is 9.53 Å². The molecule has 2 aromatic carbocycles. The maximum Gasteiger partial charge on any atom is 0.340 e. The predicted molar refractivity (Wildman–Crippen MR) is 104 cm³/mol. The van der Waals surface area contributed by atoms with Crippen LogP contribution in [-0.4, -0.2) is 41.6 Å². The molecule has 146 valence electrons. The second-order valence-corrected chi connectivity index (χ2v) is 6.90. The zero-order chi connectivity index (χ0) is 19.9. The fourth-order valence-corrected chi connectivity index (χ4v) is 3.08. The highest BCUT2D eigenvalue weighted by Gasteiger charge is 2.22. The number of phenols is 1. The van der Waals surface area contributed by atoms with Gasteiger partial charge < -0.3 is 14.7 Å². The van der Waals surface area contributed by atoms with Crippen LogP contribution in [0.4, 0.5) is 11.4 Å². The van der Waals surface area contributed by atoms with E-state index in [0.717, 1.165) is 12.8 Å². The van der Waals surface area contributed by atoms with Crippen molar-refractivity contribution in [3.63, 3.8) is 0 Å². The highest BCUT2D eigenvalue weighted by molar-refractivity contribution is 5.96. The molecule has 3 rings (SSSR count). The largest absolute Gasteiger partial charge is 0.508 e. The number of nitrogens with zero attached hydrogens (tertiary/aromatic N) is 3. The third kappa shape index (κ3) is 5.16. The first kappa shape index (κ1) is 19.5. The number of carbonyl (C=O) groups excluding carboxylic acids is 2. The van der Waals surface area contributed by atoms with Crippen LogP contribution < -0.4 is 0 Å². The lowest BCUT2D eigenvalue weighted by molar-refractivity contribution is -0.136. The first-order chi connectivity index (χ1) is 13.5. The molecule has 1 fully saturated rings. The number of aromatic hydroxyl groups is 1. The Morgan fingerprint density at radius 2 is 1.89 bits per heavy atom. The predicted octanol–water partition coefficient (Wildman–Crippen LogP) is 4.22. The van der Waals surface area contributed by atoms with Crippen LogP contribution in [0.5, 0.6) is 5.75 Å². The number of amides is 1. The molecule has 1 heterocycles. The van der Waals surface area contributed by atoms with E-state index in [0.29, 0.717) is 30.4 Å². The van der Waals surface area contributed by atoms with Gasteiger partial charge in [0.15, 0.2) is 6.61 Å². The minimum Gasteiger partial charge on any atom is -0.508 e. The molecule has 0 unspecified atom stereocenters. The number of phenolic OH excluding ortho intramolecular Hbond substituents is 1. The molecule has 1 N–H and O–H groups in total. The normalized spacial score (nSPS) is 16.9. The van der Waals surface area contributed by atoms with Crippen LogP contribution in [0.2, 0.25) is 0 Å². The van der Waals surface area contributed by atoms with E-state index in [1.807, 2.05) is 0 Å².